The Morgan fingerprint density at radius 3 is 2.71 bits per heavy atom. The van der Waals surface area contributed by atoms with E-state index in [0.717, 1.165) is 25.7 Å². The van der Waals surface area contributed by atoms with Crippen molar-refractivity contribution in [3.63, 3.8) is 0 Å². The minimum atomic E-state index is -0.164. The molecule has 0 spiro atoms. The van der Waals surface area contributed by atoms with Crippen LogP contribution in [0.25, 0.3) is 0 Å². The summed E-state index contributed by atoms with van der Waals surface area (Å²) in [7, 11) is 0. The molecule has 2 unspecified atom stereocenters. The van der Waals surface area contributed by atoms with Gasteiger partial charge in [0.2, 0.25) is 0 Å². The van der Waals surface area contributed by atoms with E-state index in [1.165, 1.54) is 0 Å². The lowest BCUT2D eigenvalue weighted by Crippen LogP contribution is -2.47. The van der Waals surface area contributed by atoms with Crippen LogP contribution in [0.4, 0.5) is 4.79 Å². The first-order valence-corrected chi connectivity index (χ1v) is 5.95. The smallest absolute Gasteiger partial charge is 0.315 e. The molecule has 2 atom stereocenters. The minimum absolute atomic E-state index is 0.0745. The number of rotatable bonds is 3. The van der Waals surface area contributed by atoms with Gasteiger partial charge < -0.3 is 10.6 Å². The van der Waals surface area contributed by atoms with Gasteiger partial charge in [0, 0.05) is 18.5 Å². The summed E-state index contributed by atoms with van der Waals surface area (Å²) in [5.74, 6) is 0.433. The van der Waals surface area contributed by atoms with Gasteiger partial charge in [-0.05, 0) is 12.8 Å². The molecular weight excluding hydrogens is 223 g/mol. The molecule has 0 saturated heterocycles. The van der Waals surface area contributed by atoms with Crippen molar-refractivity contribution in [2.24, 2.45) is 0 Å². The van der Waals surface area contributed by atoms with E-state index in [2.05, 4.69) is 10.6 Å². The number of hydrogen-bond acceptors (Lipinski definition) is 1. The summed E-state index contributed by atoms with van der Waals surface area (Å²) in [4.78, 5) is 11.3. The van der Waals surface area contributed by atoms with Gasteiger partial charge in [0.1, 0.15) is 0 Å². The summed E-state index contributed by atoms with van der Waals surface area (Å²) in [5, 5.41) is 5.60. The van der Waals surface area contributed by atoms with Crippen LogP contribution in [0.5, 0.6) is 0 Å². The van der Waals surface area contributed by atoms with E-state index in [9.17, 15) is 4.79 Å². The summed E-state index contributed by atoms with van der Waals surface area (Å²) < 4.78 is 0. The fourth-order valence-corrected chi connectivity index (χ4v) is 2.07. The molecule has 14 heavy (non-hydrogen) atoms. The van der Waals surface area contributed by atoms with Crippen molar-refractivity contribution in [1.82, 2.24) is 10.6 Å². The average Bonchev–Trinajstić information content (AvgIpc) is 2.18. The van der Waals surface area contributed by atoms with Crippen LogP contribution in [0, 0.1) is 0 Å². The van der Waals surface area contributed by atoms with E-state index in [1.807, 2.05) is 0 Å². The van der Waals surface area contributed by atoms with E-state index in [0.29, 0.717) is 12.4 Å². The molecule has 5 heteroatoms. The lowest BCUT2D eigenvalue weighted by molar-refractivity contribution is 0.233. The summed E-state index contributed by atoms with van der Waals surface area (Å²) in [6.07, 6.45) is 4.27. The van der Waals surface area contributed by atoms with Gasteiger partial charge in [-0.15, -0.1) is 23.2 Å². The third-order valence-electron chi connectivity index (χ3n) is 2.38. The molecule has 0 aliphatic heterocycles. The predicted molar refractivity (Wildman–Crippen MR) is 59.2 cm³/mol. The zero-order valence-corrected chi connectivity index (χ0v) is 9.57. The predicted octanol–water partition coefficient (Wildman–Crippen LogP) is 2.07. The number of alkyl halides is 2. The Labute approximate surface area is 94.5 Å². The molecule has 0 radical (unpaired) electrons. The molecule has 0 bridgehead atoms. The Morgan fingerprint density at radius 2 is 2.07 bits per heavy atom. The van der Waals surface area contributed by atoms with Crippen LogP contribution in [0.1, 0.15) is 25.7 Å². The van der Waals surface area contributed by atoms with Crippen molar-refractivity contribution >= 4 is 29.2 Å². The average molecular weight is 239 g/mol. The van der Waals surface area contributed by atoms with E-state index >= 15 is 0 Å². The molecule has 0 aromatic carbocycles. The highest BCUT2D eigenvalue weighted by Gasteiger charge is 2.24. The summed E-state index contributed by atoms with van der Waals surface area (Å²) >= 11 is 11.5. The molecule has 2 N–H and O–H groups in total. The molecule has 2 amide bonds. The second kappa shape index (κ2) is 6.36. The van der Waals surface area contributed by atoms with Crippen molar-refractivity contribution in [3.05, 3.63) is 0 Å². The first-order valence-electron chi connectivity index (χ1n) is 4.98. The number of urea groups is 1. The number of halogens is 2. The van der Waals surface area contributed by atoms with Crippen LogP contribution in [0.3, 0.4) is 0 Å². The second-order valence-electron chi connectivity index (χ2n) is 3.50. The highest BCUT2D eigenvalue weighted by Crippen LogP contribution is 2.22. The maximum absolute atomic E-state index is 11.3. The van der Waals surface area contributed by atoms with Crippen molar-refractivity contribution in [2.75, 3.05) is 12.4 Å². The van der Waals surface area contributed by atoms with Gasteiger partial charge in [-0.1, -0.05) is 12.8 Å². The summed E-state index contributed by atoms with van der Waals surface area (Å²) in [5.41, 5.74) is 0. The van der Waals surface area contributed by atoms with Gasteiger partial charge >= 0.3 is 6.03 Å². The molecular formula is C9H16Cl2N2O. The van der Waals surface area contributed by atoms with E-state index in [-0.39, 0.29) is 17.5 Å². The monoisotopic (exact) mass is 238 g/mol. The normalized spacial score (nSPS) is 27.0. The van der Waals surface area contributed by atoms with E-state index in [4.69, 9.17) is 23.2 Å². The first kappa shape index (κ1) is 11.9. The molecule has 0 heterocycles. The molecule has 1 saturated carbocycles. The fraction of sp³-hybridized carbons (Fsp3) is 0.889. The number of nitrogens with one attached hydrogen (secondary N) is 2. The fourth-order valence-electron chi connectivity index (χ4n) is 1.63. The van der Waals surface area contributed by atoms with Gasteiger partial charge in [0.25, 0.3) is 0 Å². The van der Waals surface area contributed by atoms with Crippen LogP contribution >= 0.6 is 23.2 Å². The maximum Gasteiger partial charge on any atom is 0.315 e. The SMILES string of the molecule is O=C(NCCCl)NC1CCCCC1Cl. The Hall–Kier alpha value is -0.150. The standard InChI is InChI=1S/C9H16Cl2N2O/c10-5-6-12-9(14)13-8-4-2-1-3-7(8)11/h7-8H,1-6H2,(H2,12,13,14). The van der Waals surface area contributed by atoms with Crippen LogP contribution in [0.15, 0.2) is 0 Å². The zero-order valence-electron chi connectivity index (χ0n) is 8.06. The topological polar surface area (TPSA) is 41.1 Å². The highest BCUT2D eigenvalue weighted by atomic mass is 35.5. The third kappa shape index (κ3) is 3.93. The molecule has 1 aliphatic carbocycles. The summed E-state index contributed by atoms with van der Waals surface area (Å²) in [6.45, 7) is 0.493. The van der Waals surface area contributed by atoms with Crippen LogP contribution in [-0.2, 0) is 0 Å². The molecule has 1 fully saturated rings. The molecule has 1 rings (SSSR count). The van der Waals surface area contributed by atoms with Crippen molar-refractivity contribution in [3.8, 4) is 0 Å². The third-order valence-corrected chi connectivity index (χ3v) is 3.09. The minimum Gasteiger partial charge on any atom is -0.337 e. The Kier molecular flexibility index (Phi) is 5.41. The lowest BCUT2D eigenvalue weighted by Gasteiger charge is -2.27. The maximum atomic E-state index is 11.3. The number of amides is 2. The van der Waals surface area contributed by atoms with Crippen molar-refractivity contribution < 1.29 is 4.79 Å². The van der Waals surface area contributed by atoms with Gasteiger partial charge in [0.05, 0.1) is 5.38 Å². The van der Waals surface area contributed by atoms with Crippen LogP contribution in [-0.4, -0.2) is 29.9 Å². The lowest BCUT2D eigenvalue weighted by atomic mass is 9.95. The number of carbonyl (C=O) groups is 1. The Bertz CT molecular complexity index is 190. The number of hydrogen-bond donors (Lipinski definition) is 2. The zero-order chi connectivity index (χ0) is 10.4. The molecule has 0 aromatic rings. The second-order valence-corrected chi connectivity index (χ2v) is 4.43. The van der Waals surface area contributed by atoms with Gasteiger partial charge in [0.15, 0.2) is 0 Å². The molecule has 0 aromatic heterocycles. The van der Waals surface area contributed by atoms with Gasteiger partial charge in [-0.25, -0.2) is 4.79 Å². The molecule has 3 nitrogen and oxygen atoms in total. The van der Waals surface area contributed by atoms with Gasteiger partial charge in [-0.3, -0.25) is 0 Å². The molecule has 1 aliphatic rings. The van der Waals surface area contributed by atoms with E-state index < -0.39 is 0 Å². The molecule has 82 valence electrons. The first-order chi connectivity index (χ1) is 6.74. The van der Waals surface area contributed by atoms with Crippen LogP contribution in [0.2, 0.25) is 0 Å². The number of carbonyl (C=O) groups excluding carboxylic acids is 1. The Balaban J connectivity index is 2.23. The summed E-state index contributed by atoms with van der Waals surface area (Å²) in [6, 6.07) is -0.0519. The van der Waals surface area contributed by atoms with Crippen molar-refractivity contribution in [2.45, 2.75) is 37.1 Å². The van der Waals surface area contributed by atoms with Gasteiger partial charge in [-0.2, -0.15) is 0 Å². The van der Waals surface area contributed by atoms with Crippen molar-refractivity contribution in [1.29, 1.82) is 0 Å². The van der Waals surface area contributed by atoms with E-state index in [1.54, 1.807) is 0 Å². The Morgan fingerprint density at radius 1 is 1.36 bits per heavy atom. The van der Waals surface area contributed by atoms with Crippen LogP contribution < -0.4 is 10.6 Å². The quantitative estimate of drug-likeness (QED) is 0.727. The largest absolute Gasteiger partial charge is 0.337 e. The highest BCUT2D eigenvalue weighted by molar-refractivity contribution is 6.21.